The molecule has 1 unspecified atom stereocenters. The lowest BCUT2D eigenvalue weighted by molar-refractivity contribution is 0.323. The largest absolute Gasteiger partial charge is 0.493 e. The van der Waals surface area contributed by atoms with Crippen LogP contribution in [0, 0.1) is 17.7 Å². The number of benzene rings is 2. The highest BCUT2D eigenvalue weighted by atomic mass is 19.1. The molecular weight excluding hydrogens is 319 g/mol. The third kappa shape index (κ3) is 4.54. The van der Waals surface area contributed by atoms with E-state index in [1.807, 2.05) is 12.1 Å². The standard InChI is InChI=1S/C21H21FO3/c1-5-7-16(11-10-15-8-6-9-18(22)12-15)17-13-19(23-2)21(25-4)20(14-17)24-3/h5-6,8-9,12-14,16H,1,7H2,2-4H3. The van der Waals surface area contributed by atoms with Crippen LogP contribution in [-0.4, -0.2) is 21.3 Å². The van der Waals surface area contributed by atoms with Crippen LogP contribution in [0.25, 0.3) is 0 Å². The second-order valence-electron chi connectivity index (χ2n) is 5.32. The van der Waals surface area contributed by atoms with E-state index in [4.69, 9.17) is 14.2 Å². The van der Waals surface area contributed by atoms with Crippen molar-refractivity contribution in [1.82, 2.24) is 0 Å². The molecule has 2 aromatic carbocycles. The van der Waals surface area contributed by atoms with Gasteiger partial charge < -0.3 is 14.2 Å². The van der Waals surface area contributed by atoms with Gasteiger partial charge in [-0.3, -0.25) is 0 Å². The molecule has 0 amide bonds. The molecule has 0 fully saturated rings. The summed E-state index contributed by atoms with van der Waals surface area (Å²) in [5.74, 6) is 7.43. The first-order valence-electron chi connectivity index (χ1n) is 7.80. The van der Waals surface area contributed by atoms with Gasteiger partial charge in [0, 0.05) is 11.5 Å². The molecule has 0 spiro atoms. The van der Waals surface area contributed by atoms with Gasteiger partial charge in [0.15, 0.2) is 11.5 Å². The first kappa shape index (κ1) is 18.4. The van der Waals surface area contributed by atoms with Crippen LogP contribution in [0.3, 0.4) is 0 Å². The lowest BCUT2D eigenvalue weighted by Crippen LogP contribution is -2.00. The summed E-state index contributed by atoms with van der Waals surface area (Å²) in [4.78, 5) is 0. The molecule has 3 nitrogen and oxygen atoms in total. The van der Waals surface area contributed by atoms with Gasteiger partial charge >= 0.3 is 0 Å². The molecule has 1 atom stereocenters. The number of hydrogen-bond donors (Lipinski definition) is 0. The Hall–Kier alpha value is -2.93. The van der Waals surface area contributed by atoms with Crippen molar-refractivity contribution in [3.05, 3.63) is 66.0 Å². The number of rotatable bonds is 6. The molecule has 0 aliphatic carbocycles. The van der Waals surface area contributed by atoms with Crippen LogP contribution in [0.2, 0.25) is 0 Å². The highest BCUT2D eigenvalue weighted by Gasteiger charge is 2.17. The normalized spacial score (nSPS) is 11.0. The summed E-state index contributed by atoms with van der Waals surface area (Å²) in [5, 5.41) is 0. The second kappa shape index (κ2) is 8.79. The van der Waals surface area contributed by atoms with E-state index >= 15 is 0 Å². The van der Waals surface area contributed by atoms with Gasteiger partial charge in [-0.2, -0.15) is 0 Å². The summed E-state index contributed by atoms with van der Waals surface area (Å²) in [7, 11) is 4.70. The molecule has 0 saturated heterocycles. The Morgan fingerprint density at radius 1 is 1.08 bits per heavy atom. The van der Waals surface area contributed by atoms with E-state index in [9.17, 15) is 4.39 Å². The van der Waals surface area contributed by atoms with Crippen molar-refractivity contribution in [3.63, 3.8) is 0 Å². The van der Waals surface area contributed by atoms with Crippen LogP contribution < -0.4 is 14.2 Å². The highest BCUT2D eigenvalue weighted by molar-refractivity contribution is 5.55. The molecule has 0 saturated carbocycles. The Morgan fingerprint density at radius 3 is 2.28 bits per heavy atom. The van der Waals surface area contributed by atoms with E-state index in [1.165, 1.54) is 12.1 Å². The number of halogens is 1. The summed E-state index contributed by atoms with van der Waals surface area (Å²) in [5.41, 5.74) is 1.54. The fourth-order valence-corrected chi connectivity index (χ4v) is 2.48. The minimum atomic E-state index is -0.306. The van der Waals surface area contributed by atoms with E-state index in [1.54, 1.807) is 39.5 Å². The van der Waals surface area contributed by atoms with Gasteiger partial charge in [0.25, 0.3) is 0 Å². The Balaban J connectivity index is 2.45. The number of methoxy groups -OCH3 is 3. The van der Waals surface area contributed by atoms with Crippen molar-refractivity contribution >= 4 is 0 Å². The number of ether oxygens (including phenoxy) is 3. The average Bonchev–Trinajstić information content (AvgIpc) is 2.63. The third-order valence-electron chi connectivity index (χ3n) is 3.71. The third-order valence-corrected chi connectivity index (χ3v) is 3.71. The molecule has 130 valence electrons. The predicted octanol–water partition coefficient (Wildman–Crippen LogP) is 4.56. The van der Waals surface area contributed by atoms with Crippen LogP contribution in [0.4, 0.5) is 4.39 Å². The maximum absolute atomic E-state index is 13.3. The monoisotopic (exact) mass is 340 g/mol. The summed E-state index contributed by atoms with van der Waals surface area (Å²) in [6, 6.07) is 9.96. The first-order valence-corrected chi connectivity index (χ1v) is 7.80. The molecule has 0 heterocycles. The van der Waals surface area contributed by atoms with Crippen molar-refractivity contribution in [2.24, 2.45) is 0 Å². The van der Waals surface area contributed by atoms with Crippen molar-refractivity contribution in [3.8, 4) is 29.1 Å². The van der Waals surface area contributed by atoms with Gasteiger partial charge in [-0.15, -0.1) is 6.58 Å². The van der Waals surface area contributed by atoms with Crippen LogP contribution in [0.1, 0.15) is 23.5 Å². The van der Waals surface area contributed by atoms with Crippen molar-refractivity contribution in [2.45, 2.75) is 12.3 Å². The lowest BCUT2D eigenvalue weighted by atomic mass is 9.95. The van der Waals surface area contributed by atoms with E-state index in [2.05, 4.69) is 18.4 Å². The van der Waals surface area contributed by atoms with Crippen LogP contribution >= 0.6 is 0 Å². The molecule has 0 aliphatic heterocycles. The molecule has 0 aromatic heterocycles. The van der Waals surface area contributed by atoms with Gasteiger partial charge in [0.2, 0.25) is 5.75 Å². The Morgan fingerprint density at radius 2 is 1.76 bits per heavy atom. The predicted molar refractivity (Wildman–Crippen MR) is 96.9 cm³/mol. The molecule has 25 heavy (non-hydrogen) atoms. The summed E-state index contributed by atoms with van der Waals surface area (Å²) in [6.45, 7) is 3.80. The Labute approximate surface area is 148 Å². The van der Waals surface area contributed by atoms with Gasteiger partial charge in [-0.05, 0) is 42.3 Å². The van der Waals surface area contributed by atoms with Crippen LogP contribution in [0.5, 0.6) is 17.2 Å². The highest BCUT2D eigenvalue weighted by Crippen LogP contribution is 2.40. The van der Waals surface area contributed by atoms with E-state index in [0.717, 1.165) is 5.56 Å². The molecule has 2 rings (SSSR count). The molecule has 0 bridgehead atoms. The average molecular weight is 340 g/mol. The van der Waals surface area contributed by atoms with Gasteiger partial charge in [-0.25, -0.2) is 4.39 Å². The Kier molecular flexibility index (Phi) is 6.47. The fraction of sp³-hybridized carbons (Fsp3) is 0.238. The number of allylic oxidation sites excluding steroid dienone is 1. The fourth-order valence-electron chi connectivity index (χ4n) is 2.48. The van der Waals surface area contributed by atoms with E-state index in [-0.39, 0.29) is 11.7 Å². The lowest BCUT2D eigenvalue weighted by Gasteiger charge is -2.16. The molecule has 0 aliphatic rings. The van der Waals surface area contributed by atoms with Gasteiger partial charge in [-0.1, -0.05) is 24.0 Å². The van der Waals surface area contributed by atoms with Crippen molar-refractivity contribution < 1.29 is 18.6 Å². The van der Waals surface area contributed by atoms with Crippen molar-refractivity contribution in [2.75, 3.05) is 21.3 Å². The maximum Gasteiger partial charge on any atom is 0.203 e. The van der Waals surface area contributed by atoms with Crippen LogP contribution in [-0.2, 0) is 0 Å². The molecule has 2 aromatic rings. The summed E-state index contributed by atoms with van der Waals surface area (Å²) >= 11 is 0. The van der Waals surface area contributed by atoms with E-state index < -0.39 is 0 Å². The van der Waals surface area contributed by atoms with Crippen molar-refractivity contribution in [1.29, 1.82) is 0 Å². The van der Waals surface area contributed by atoms with Crippen LogP contribution in [0.15, 0.2) is 49.1 Å². The zero-order chi connectivity index (χ0) is 18.2. The molecule has 4 heteroatoms. The SMILES string of the molecule is C=CCC(C#Cc1cccc(F)c1)c1cc(OC)c(OC)c(OC)c1. The van der Waals surface area contributed by atoms with E-state index in [0.29, 0.717) is 29.2 Å². The maximum atomic E-state index is 13.3. The Bertz CT molecular complexity index is 777. The minimum Gasteiger partial charge on any atom is -0.493 e. The first-order chi connectivity index (χ1) is 12.1. The second-order valence-corrected chi connectivity index (χ2v) is 5.32. The topological polar surface area (TPSA) is 27.7 Å². The molecule has 0 radical (unpaired) electrons. The molecular formula is C21H21FO3. The van der Waals surface area contributed by atoms with Gasteiger partial charge in [0.05, 0.1) is 21.3 Å². The van der Waals surface area contributed by atoms with Gasteiger partial charge in [0.1, 0.15) is 5.82 Å². The summed E-state index contributed by atoms with van der Waals surface area (Å²) in [6.07, 6.45) is 2.44. The zero-order valence-corrected chi connectivity index (χ0v) is 14.6. The quantitative estimate of drug-likeness (QED) is 0.570. The smallest absolute Gasteiger partial charge is 0.203 e. The number of hydrogen-bond acceptors (Lipinski definition) is 3. The minimum absolute atomic E-state index is 0.130. The summed E-state index contributed by atoms with van der Waals surface area (Å²) < 4.78 is 29.5. The zero-order valence-electron chi connectivity index (χ0n) is 14.6. The molecule has 0 N–H and O–H groups in total.